The van der Waals surface area contributed by atoms with Crippen LogP contribution in [0.3, 0.4) is 0 Å². The molecule has 1 aliphatic rings. The van der Waals surface area contributed by atoms with E-state index >= 15 is 0 Å². The van der Waals surface area contributed by atoms with Crippen molar-refractivity contribution in [2.24, 2.45) is 0 Å². The fourth-order valence-corrected chi connectivity index (χ4v) is 3.58. The van der Waals surface area contributed by atoms with E-state index < -0.39 is 47.7 Å². The van der Waals surface area contributed by atoms with Crippen molar-refractivity contribution in [3.63, 3.8) is 0 Å². The number of fused-ring (bicyclic) bond motifs is 1. The number of aromatic nitrogens is 2. The van der Waals surface area contributed by atoms with Gasteiger partial charge in [-0.2, -0.15) is 31.4 Å². The fraction of sp³-hybridized carbons (Fsp3) is 0.450. The quantitative estimate of drug-likeness (QED) is 0.410. The van der Waals surface area contributed by atoms with Gasteiger partial charge in [-0.1, -0.05) is 11.6 Å². The number of nitrogens with zero attached hydrogens (tertiary/aromatic N) is 3. The van der Waals surface area contributed by atoms with Gasteiger partial charge in [-0.05, 0) is 37.1 Å². The highest BCUT2D eigenvalue weighted by atomic mass is 35.5. The third kappa shape index (κ3) is 5.75. The second kappa shape index (κ2) is 9.72. The summed E-state index contributed by atoms with van der Waals surface area (Å²) < 4.78 is 89.4. The van der Waals surface area contributed by atoms with Gasteiger partial charge in [0.15, 0.2) is 5.69 Å². The van der Waals surface area contributed by atoms with Crippen molar-refractivity contribution in [3.05, 3.63) is 51.3 Å². The van der Waals surface area contributed by atoms with Gasteiger partial charge in [0.2, 0.25) is 0 Å². The third-order valence-electron chi connectivity index (χ3n) is 4.87. The Balaban J connectivity index is 1.76. The Kier molecular flexibility index (Phi) is 7.34. The average Bonchev–Trinajstić information content (AvgIpc) is 2.92. The minimum absolute atomic E-state index is 0.00951. The molecule has 0 N–H and O–H groups in total. The van der Waals surface area contributed by atoms with E-state index in [1.165, 1.54) is 9.58 Å². The van der Waals surface area contributed by atoms with Crippen molar-refractivity contribution < 1.29 is 45.4 Å². The summed E-state index contributed by atoms with van der Waals surface area (Å²) >= 11 is 6.23. The lowest BCUT2D eigenvalue weighted by Crippen LogP contribution is -2.31. The molecule has 186 valence electrons. The number of amides is 1. The zero-order chi connectivity index (χ0) is 25.3. The summed E-state index contributed by atoms with van der Waals surface area (Å²) in [6, 6.07) is 0.968. The fourth-order valence-electron chi connectivity index (χ4n) is 3.31. The van der Waals surface area contributed by atoms with Gasteiger partial charge in [-0.3, -0.25) is 4.68 Å². The summed E-state index contributed by atoms with van der Waals surface area (Å²) in [7, 11) is 0. The van der Waals surface area contributed by atoms with E-state index in [2.05, 4.69) is 5.10 Å². The Bertz CT molecular complexity index is 1050. The number of carbonyl (C=O) groups is 2. The highest BCUT2D eigenvalue weighted by molar-refractivity contribution is 6.34. The Labute approximate surface area is 194 Å². The second-order valence-electron chi connectivity index (χ2n) is 7.30. The molecule has 0 unspecified atom stereocenters. The zero-order valence-electron chi connectivity index (χ0n) is 17.6. The topological polar surface area (TPSA) is 73.7 Å². The molecule has 0 saturated heterocycles. The number of alkyl halides is 6. The van der Waals surface area contributed by atoms with Crippen molar-refractivity contribution in [2.45, 2.75) is 45.4 Å². The SMILES string of the molecule is CCOC(=O)c1nn2c(c1Cl)CN(C(=O)OCc1cc(C(F)(F)F)cc(C(F)(F)F)c1)CCC2. The van der Waals surface area contributed by atoms with Gasteiger partial charge >= 0.3 is 24.4 Å². The largest absolute Gasteiger partial charge is 0.461 e. The number of aryl methyl sites for hydroxylation is 1. The third-order valence-corrected chi connectivity index (χ3v) is 5.27. The number of benzene rings is 1. The molecule has 1 aromatic heterocycles. The Morgan fingerprint density at radius 2 is 1.65 bits per heavy atom. The number of carbonyl (C=O) groups excluding carboxylic acids is 2. The predicted molar refractivity (Wildman–Crippen MR) is 105 cm³/mol. The summed E-state index contributed by atoms with van der Waals surface area (Å²) in [6.07, 6.45) is -10.6. The smallest absolute Gasteiger partial charge is 0.416 e. The van der Waals surface area contributed by atoms with Crippen LogP contribution in [0.25, 0.3) is 0 Å². The highest BCUT2D eigenvalue weighted by Crippen LogP contribution is 2.36. The minimum atomic E-state index is -5.02. The number of ether oxygens (including phenoxy) is 2. The zero-order valence-corrected chi connectivity index (χ0v) is 18.4. The lowest BCUT2D eigenvalue weighted by molar-refractivity contribution is -0.143. The van der Waals surface area contributed by atoms with Gasteiger partial charge in [0.1, 0.15) is 6.61 Å². The van der Waals surface area contributed by atoms with Crippen LogP contribution in [-0.2, 0) is 41.5 Å². The van der Waals surface area contributed by atoms with Crippen LogP contribution in [0.4, 0.5) is 31.1 Å². The van der Waals surface area contributed by atoms with Crippen LogP contribution >= 0.6 is 11.6 Å². The van der Waals surface area contributed by atoms with Crippen molar-refractivity contribution >= 4 is 23.7 Å². The first-order valence-corrected chi connectivity index (χ1v) is 10.3. The van der Waals surface area contributed by atoms with Crippen molar-refractivity contribution in [2.75, 3.05) is 13.2 Å². The van der Waals surface area contributed by atoms with Gasteiger partial charge in [-0.25, -0.2) is 9.59 Å². The lowest BCUT2D eigenvalue weighted by atomic mass is 10.1. The van der Waals surface area contributed by atoms with Crippen LogP contribution < -0.4 is 0 Å². The first-order chi connectivity index (χ1) is 15.8. The molecule has 0 spiro atoms. The average molecular weight is 514 g/mol. The molecule has 34 heavy (non-hydrogen) atoms. The molecule has 2 heterocycles. The second-order valence-corrected chi connectivity index (χ2v) is 7.67. The molecule has 3 rings (SSSR count). The molecule has 14 heteroatoms. The van der Waals surface area contributed by atoms with E-state index in [0.29, 0.717) is 30.8 Å². The number of hydrogen-bond donors (Lipinski definition) is 0. The van der Waals surface area contributed by atoms with Crippen molar-refractivity contribution in [1.29, 1.82) is 0 Å². The molecule has 0 aliphatic carbocycles. The van der Waals surface area contributed by atoms with Gasteiger partial charge in [0.25, 0.3) is 0 Å². The number of rotatable bonds is 4. The van der Waals surface area contributed by atoms with E-state index in [4.69, 9.17) is 21.1 Å². The molecule has 0 fully saturated rings. The summed E-state index contributed by atoms with van der Waals surface area (Å²) in [5.74, 6) is -0.743. The normalized spacial score (nSPS) is 14.4. The molecule has 0 atom stereocenters. The van der Waals surface area contributed by atoms with E-state index in [1.807, 2.05) is 0 Å². The van der Waals surface area contributed by atoms with Crippen LogP contribution in [0.2, 0.25) is 5.02 Å². The molecule has 0 saturated carbocycles. The molecule has 2 aromatic rings. The number of hydrogen-bond acceptors (Lipinski definition) is 5. The summed E-state index contributed by atoms with van der Waals surface area (Å²) in [4.78, 5) is 25.7. The number of esters is 1. The Morgan fingerprint density at radius 1 is 1.03 bits per heavy atom. The summed E-state index contributed by atoms with van der Waals surface area (Å²) in [5.41, 5.74) is -3.30. The van der Waals surface area contributed by atoms with Gasteiger partial charge < -0.3 is 14.4 Å². The monoisotopic (exact) mass is 513 g/mol. The Morgan fingerprint density at radius 3 is 2.21 bits per heavy atom. The van der Waals surface area contributed by atoms with Crippen LogP contribution in [0.15, 0.2) is 18.2 Å². The van der Waals surface area contributed by atoms with E-state index in [-0.39, 0.29) is 36.5 Å². The van der Waals surface area contributed by atoms with Gasteiger partial charge in [-0.15, -0.1) is 0 Å². The molecule has 7 nitrogen and oxygen atoms in total. The molecule has 0 radical (unpaired) electrons. The highest BCUT2D eigenvalue weighted by Gasteiger charge is 2.37. The molecular weight excluding hydrogens is 496 g/mol. The standard InChI is InChI=1S/C20H18ClF6N3O4/c1-2-33-17(31)16-15(21)14-9-29(4-3-5-30(14)28-16)18(32)34-10-11-6-12(19(22,23)24)8-13(7-11)20(25,26)27/h6-8H,2-5,9-10H2,1H3. The first-order valence-electron chi connectivity index (χ1n) is 9.93. The van der Waals surface area contributed by atoms with Gasteiger partial charge in [0.05, 0.1) is 35.0 Å². The van der Waals surface area contributed by atoms with Crippen molar-refractivity contribution in [1.82, 2.24) is 14.7 Å². The maximum absolute atomic E-state index is 13.0. The Hall–Kier alpha value is -2.96. The van der Waals surface area contributed by atoms with E-state index in [1.54, 1.807) is 6.92 Å². The van der Waals surface area contributed by atoms with E-state index in [9.17, 15) is 35.9 Å². The van der Waals surface area contributed by atoms with Crippen LogP contribution in [-0.4, -0.2) is 39.9 Å². The molecule has 1 aromatic carbocycles. The minimum Gasteiger partial charge on any atom is -0.461 e. The van der Waals surface area contributed by atoms with Crippen LogP contribution in [0.1, 0.15) is 46.2 Å². The lowest BCUT2D eigenvalue weighted by Gasteiger charge is -2.20. The number of halogens is 7. The molecule has 1 amide bonds. The maximum Gasteiger partial charge on any atom is 0.416 e. The van der Waals surface area contributed by atoms with Crippen LogP contribution in [0.5, 0.6) is 0 Å². The van der Waals surface area contributed by atoms with Gasteiger partial charge in [0, 0.05) is 13.1 Å². The predicted octanol–water partition coefficient (Wildman–Crippen LogP) is 5.29. The molecular formula is C20H18ClF6N3O4. The maximum atomic E-state index is 13.0. The summed E-state index contributed by atoms with van der Waals surface area (Å²) in [6.45, 7) is 1.21. The van der Waals surface area contributed by atoms with Crippen LogP contribution in [0, 0.1) is 0 Å². The molecule has 1 aliphatic heterocycles. The van der Waals surface area contributed by atoms with E-state index in [0.717, 1.165) is 0 Å². The molecule has 0 bridgehead atoms. The first kappa shape index (κ1) is 25.7. The summed E-state index contributed by atoms with van der Waals surface area (Å²) in [5, 5.41) is 4.08. The van der Waals surface area contributed by atoms with Crippen molar-refractivity contribution in [3.8, 4) is 0 Å².